The smallest absolute Gasteiger partial charge is 0.326 e. The molecular formula is C10H12ClNO5. The van der Waals surface area contributed by atoms with E-state index in [9.17, 15) is 9.59 Å². The van der Waals surface area contributed by atoms with Crippen LogP contribution in [-0.2, 0) is 9.53 Å². The molecule has 0 spiro atoms. The lowest BCUT2D eigenvalue weighted by Crippen LogP contribution is -2.41. The Morgan fingerprint density at radius 3 is 2.82 bits per heavy atom. The Balaban J connectivity index is 2.64. The Bertz CT molecular complexity index is 403. The van der Waals surface area contributed by atoms with Crippen molar-refractivity contribution in [3.63, 3.8) is 0 Å². The minimum atomic E-state index is -1.13. The number of methoxy groups -OCH3 is 1. The van der Waals surface area contributed by atoms with E-state index in [0.717, 1.165) is 0 Å². The number of carbonyl (C=O) groups excluding carboxylic acids is 1. The van der Waals surface area contributed by atoms with Crippen LogP contribution in [-0.4, -0.2) is 36.7 Å². The zero-order valence-corrected chi connectivity index (χ0v) is 9.86. The topological polar surface area (TPSA) is 88.8 Å². The highest BCUT2D eigenvalue weighted by molar-refractivity contribution is 6.32. The summed E-state index contributed by atoms with van der Waals surface area (Å²) >= 11 is 5.60. The van der Waals surface area contributed by atoms with E-state index in [1.807, 2.05) is 0 Å². The van der Waals surface area contributed by atoms with Crippen molar-refractivity contribution in [2.24, 2.45) is 0 Å². The fourth-order valence-electron chi connectivity index (χ4n) is 1.18. The zero-order valence-electron chi connectivity index (χ0n) is 9.10. The van der Waals surface area contributed by atoms with Crippen molar-refractivity contribution in [1.82, 2.24) is 5.32 Å². The number of carboxylic acids is 1. The van der Waals surface area contributed by atoms with Gasteiger partial charge in [0.05, 0.1) is 11.8 Å². The van der Waals surface area contributed by atoms with E-state index in [0.29, 0.717) is 0 Å². The number of hydrogen-bond acceptors (Lipinski definition) is 4. The summed E-state index contributed by atoms with van der Waals surface area (Å²) < 4.78 is 9.50. The summed E-state index contributed by atoms with van der Waals surface area (Å²) in [6, 6.07) is 0.348. The second-order valence-electron chi connectivity index (χ2n) is 3.25. The van der Waals surface area contributed by atoms with Crippen LogP contribution in [0.15, 0.2) is 16.7 Å². The molecule has 0 radical (unpaired) electrons. The molecule has 0 fully saturated rings. The second kappa shape index (κ2) is 6.27. The van der Waals surface area contributed by atoms with E-state index in [1.165, 1.54) is 19.4 Å². The van der Waals surface area contributed by atoms with Gasteiger partial charge >= 0.3 is 5.97 Å². The van der Waals surface area contributed by atoms with Gasteiger partial charge in [0, 0.05) is 20.1 Å². The van der Waals surface area contributed by atoms with E-state index >= 15 is 0 Å². The Morgan fingerprint density at radius 2 is 2.35 bits per heavy atom. The monoisotopic (exact) mass is 261 g/mol. The molecule has 6 nitrogen and oxygen atoms in total. The third kappa shape index (κ3) is 3.76. The molecule has 0 aliphatic carbocycles. The van der Waals surface area contributed by atoms with Gasteiger partial charge in [-0.2, -0.15) is 0 Å². The van der Waals surface area contributed by atoms with Crippen LogP contribution >= 0.6 is 11.6 Å². The van der Waals surface area contributed by atoms with Gasteiger partial charge in [0.25, 0.3) is 5.91 Å². The van der Waals surface area contributed by atoms with E-state index in [-0.39, 0.29) is 23.8 Å². The Kier molecular flexibility index (Phi) is 4.99. The molecule has 0 aliphatic rings. The number of halogens is 1. The molecule has 1 aromatic heterocycles. The SMILES string of the molecule is COCCC(NC(=O)c1ccoc1Cl)C(=O)O. The Labute approximate surface area is 102 Å². The van der Waals surface area contributed by atoms with Crippen molar-refractivity contribution < 1.29 is 23.8 Å². The number of hydrogen-bond donors (Lipinski definition) is 2. The van der Waals surface area contributed by atoms with Crippen LogP contribution in [0.25, 0.3) is 0 Å². The van der Waals surface area contributed by atoms with Crippen molar-refractivity contribution in [2.45, 2.75) is 12.5 Å². The van der Waals surface area contributed by atoms with Crippen molar-refractivity contribution in [1.29, 1.82) is 0 Å². The summed E-state index contributed by atoms with van der Waals surface area (Å²) in [5, 5.41) is 11.1. The summed E-state index contributed by atoms with van der Waals surface area (Å²) in [5.74, 6) is -1.72. The van der Waals surface area contributed by atoms with Gasteiger partial charge in [-0.15, -0.1) is 0 Å². The summed E-state index contributed by atoms with van der Waals surface area (Å²) in [6.45, 7) is 0.233. The highest BCUT2D eigenvalue weighted by atomic mass is 35.5. The zero-order chi connectivity index (χ0) is 12.8. The number of carbonyl (C=O) groups is 2. The summed E-state index contributed by atoms with van der Waals surface area (Å²) in [5.41, 5.74) is 0.107. The number of amides is 1. The highest BCUT2D eigenvalue weighted by Crippen LogP contribution is 2.16. The van der Waals surface area contributed by atoms with Gasteiger partial charge in [-0.05, 0) is 17.7 Å². The number of nitrogens with one attached hydrogen (secondary N) is 1. The molecule has 1 aromatic rings. The molecule has 17 heavy (non-hydrogen) atoms. The maximum Gasteiger partial charge on any atom is 0.326 e. The first-order valence-electron chi connectivity index (χ1n) is 4.82. The quantitative estimate of drug-likeness (QED) is 0.802. The van der Waals surface area contributed by atoms with Crippen LogP contribution in [0.3, 0.4) is 0 Å². The van der Waals surface area contributed by atoms with Crippen LogP contribution in [0.2, 0.25) is 5.22 Å². The third-order valence-electron chi connectivity index (χ3n) is 2.08. The molecule has 1 heterocycles. The van der Waals surface area contributed by atoms with Gasteiger partial charge < -0.3 is 19.6 Å². The van der Waals surface area contributed by atoms with E-state index in [4.69, 9.17) is 25.9 Å². The van der Waals surface area contributed by atoms with Gasteiger partial charge in [0.15, 0.2) is 0 Å². The molecule has 1 amide bonds. The van der Waals surface area contributed by atoms with E-state index < -0.39 is 17.9 Å². The molecule has 94 valence electrons. The number of furan rings is 1. The van der Waals surface area contributed by atoms with Crippen molar-refractivity contribution in [3.8, 4) is 0 Å². The molecule has 0 aromatic carbocycles. The third-order valence-corrected chi connectivity index (χ3v) is 2.37. The average Bonchev–Trinajstić information content (AvgIpc) is 2.70. The molecule has 7 heteroatoms. The molecule has 0 saturated heterocycles. The van der Waals surface area contributed by atoms with Gasteiger partial charge in [0.1, 0.15) is 6.04 Å². The maximum absolute atomic E-state index is 11.6. The number of ether oxygens (including phenoxy) is 1. The molecular weight excluding hydrogens is 250 g/mol. The maximum atomic E-state index is 11.6. The molecule has 1 atom stereocenters. The van der Waals surface area contributed by atoms with E-state index in [1.54, 1.807) is 0 Å². The summed E-state index contributed by atoms with van der Waals surface area (Å²) in [4.78, 5) is 22.5. The lowest BCUT2D eigenvalue weighted by atomic mass is 10.2. The standard InChI is InChI=1S/C10H12ClNO5/c1-16-4-3-7(10(14)15)12-9(13)6-2-5-17-8(6)11/h2,5,7H,3-4H2,1H3,(H,12,13)(H,14,15). The lowest BCUT2D eigenvalue weighted by Gasteiger charge is -2.13. The lowest BCUT2D eigenvalue weighted by molar-refractivity contribution is -0.139. The largest absolute Gasteiger partial charge is 0.480 e. The van der Waals surface area contributed by atoms with Crippen LogP contribution in [0, 0.1) is 0 Å². The van der Waals surface area contributed by atoms with Crippen LogP contribution in [0.1, 0.15) is 16.8 Å². The van der Waals surface area contributed by atoms with Crippen molar-refractivity contribution in [3.05, 3.63) is 23.1 Å². The van der Waals surface area contributed by atoms with Gasteiger partial charge in [0.2, 0.25) is 5.22 Å². The summed E-state index contributed by atoms with van der Waals surface area (Å²) in [6.07, 6.45) is 1.43. The predicted octanol–water partition coefficient (Wildman–Crippen LogP) is 1.15. The molecule has 0 saturated carbocycles. The number of carboxylic acid groups (broad SMARTS) is 1. The number of rotatable bonds is 6. The predicted molar refractivity (Wildman–Crippen MR) is 59.1 cm³/mol. The van der Waals surface area contributed by atoms with Crippen LogP contribution < -0.4 is 5.32 Å². The molecule has 0 bridgehead atoms. The number of aliphatic carboxylic acids is 1. The fourth-order valence-corrected chi connectivity index (χ4v) is 1.39. The first kappa shape index (κ1) is 13.5. The van der Waals surface area contributed by atoms with Gasteiger partial charge in [-0.1, -0.05) is 0 Å². The first-order chi connectivity index (χ1) is 8.06. The Morgan fingerprint density at radius 1 is 1.65 bits per heavy atom. The molecule has 2 N–H and O–H groups in total. The van der Waals surface area contributed by atoms with Gasteiger partial charge in [-0.3, -0.25) is 4.79 Å². The minimum Gasteiger partial charge on any atom is -0.480 e. The minimum absolute atomic E-state index is 0.0709. The van der Waals surface area contributed by atoms with Crippen molar-refractivity contribution in [2.75, 3.05) is 13.7 Å². The Hall–Kier alpha value is -1.53. The molecule has 1 rings (SSSR count). The summed E-state index contributed by atoms with van der Waals surface area (Å²) in [7, 11) is 1.45. The van der Waals surface area contributed by atoms with E-state index in [2.05, 4.69) is 5.32 Å². The van der Waals surface area contributed by atoms with Crippen LogP contribution in [0.4, 0.5) is 0 Å². The normalized spacial score (nSPS) is 12.1. The average molecular weight is 262 g/mol. The highest BCUT2D eigenvalue weighted by Gasteiger charge is 2.22. The molecule has 1 unspecified atom stereocenters. The molecule has 0 aliphatic heterocycles. The van der Waals surface area contributed by atoms with Crippen molar-refractivity contribution >= 4 is 23.5 Å². The second-order valence-corrected chi connectivity index (χ2v) is 3.60. The first-order valence-corrected chi connectivity index (χ1v) is 5.19. The van der Waals surface area contributed by atoms with Gasteiger partial charge in [-0.25, -0.2) is 4.79 Å². The fraction of sp³-hybridized carbons (Fsp3) is 0.400. The van der Waals surface area contributed by atoms with Crippen LogP contribution in [0.5, 0.6) is 0 Å².